The van der Waals surface area contributed by atoms with Gasteiger partial charge in [0.1, 0.15) is 0 Å². The summed E-state index contributed by atoms with van der Waals surface area (Å²) in [6.07, 6.45) is 1.23. The van der Waals surface area contributed by atoms with Crippen molar-refractivity contribution < 1.29 is 14.7 Å². The second-order valence-corrected chi connectivity index (χ2v) is 5.34. The monoisotopic (exact) mass is 284 g/mol. The van der Waals surface area contributed by atoms with Crippen molar-refractivity contribution in [3.8, 4) is 0 Å². The van der Waals surface area contributed by atoms with Gasteiger partial charge in [-0.25, -0.2) is 0 Å². The number of rotatable bonds is 4. The number of carbonyl (C=O) groups excluding carboxylic acids is 1. The Labute approximate surface area is 122 Å². The molecule has 2 aromatic rings. The molecule has 1 aromatic heterocycles. The molecule has 1 saturated carbocycles. The van der Waals surface area contributed by atoms with Crippen molar-refractivity contribution in [3.05, 3.63) is 42.1 Å². The van der Waals surface area contributed by atoms with E-state index in [4.69, 9.17) is 5.11 Å². The summed E-state index contributed by atoms with van der Waals surface area (Å²) in [5.41, 5.74) is 1.66. The lowest BCUT2D eigenvalue weighted by atomic mass is 9.73. The number of aromatic nitrogens is 1. The summed E-state index contributed by atoms with van der Waals surface area (Å²) in [7, 11) is 0. The maximum atomic E-state index is 12.0. The first-order valence-electron chi connectivity index (χ1n) is 7.00. The molecule has 1 amide bonds. The summed E-state index contributed by atoms with van der Waals surface area (Å²) in [4.78, 5) is 27.4. The Morgan fingerprint density at radius 1 is 1.14 bits per heavy atom. The summed E-state index contributed by atoms with van der Waals surface area (Å²) in [6.45, 7) is 0.326. The van der Waals surface area contributed by atoms with Gasteiger partial charge in [-0.2, -0.15) is 0 Å². The Bertz CT molecular complexity index is 699. The molecule has 108 valence electrons. The van der Waals surface area contributed by atoms with E-state index in [0.717, 1.165) is 16.6 Å². The number of carboxylic acids is 1. The zero-order valence-electron chi connectivity index (χ0n) is 11.5. The summed E-state index contributed by atoms with van der Waals surface area (Å²) in [6, 6.07) is 11.6. The number of nitrogens with one attached hydrogen (secondary N) is 1. The number of para-hydroxylation sites is 1. The third kappa shape index (κ3) is 2.72. The van der Waals surface area contributed by atoms with Crippen molar-refractivity contribution >= 4 is 22.8 Å². The Morgan fingerprint density at radius 3 is 2.62 bits per heavy atom. The number of fused-ring (bicyclic) bond motifs is 1. The van der Waals surface area contributed by atoms with E-state index in [1.54, 1.807) is 0 Å². The fraction of sp³-hybridized carbons (Fsp3) is 0.312. The zero-order chi connectivity index (χ0) is 14.8. The second-order valence-electron chi connectivity index (χ2n) is 5.34. The van der Waals surface area contributed by atoms with Crippen molar-refractivity contribution in [2.24, 2.45) is 11.8 Å². The van der Waals surface area contributed by atoms with E-state index >= 15 is 0 Å². The van der Waals surface area contributed by atoms with Crippen LogP contribution in [0, 0.1) is 11.8 Å². The minimum absolute atomic E-state index is 0.191. The minimum Gasteiger partial charge on any atom is -0.481 e. The molecule has 1 aliphatic carbocycles. The van der Waals surface area contributed by atoms with Gasteiger partial charge in [0.2, 0.25) is 5.91 Å². The van der Waals surface area contributed by atoms with Gasteiger partial charge >= 0.3 is 5.97 Å². The van der Waals surface area contributed by atoms with Gasteiger partial charge in [-0.05, 0) is 25.0 Å². The first-order valence-corrected chi connectivity index (χ1v) is 7.00. The van der Waals surface area contributed by atoms with Crippen LogP contribution in [0.25, 0.3) is 10.9 Å². The summed E-state index contributed by atoms with van der Waals surface area (Å²) in [5, 5.41) is 12.8. The van der Waals surface area contributed by atoms with Crippen molar-refractivity contribution in [2.45, 2.75) is 19.4 Å². The van der Waals surface area contributed by atoms with Gasteiger partial charge in [0.05, 0.1) is 29.6 Å². The molecule has 3 rings (SSSR count). The van der Waals surface area contributed by atoms with Gasteiger partial charge in [0, 0.05) is 5.39 Å². The molecule has 5 heteroatoms. The number of carbonyl (C=O) groups is 2. The molecule has 2 atom stereocenters. The smallest absolute Gasteiger partial charge is 0.307 e. The number of aliphatic carboxylic acids is 1. The lowest BCUT2D eigenvalue weighted by Crippen LogP contribution is -2.43. The second kappa shape index (κ2) is 5.52. The highest BCUT2D eigenvalue weighted by atomic mass is 16.4. The van der Waals surface area contributed by atoms with Crippen LogP contribution in [0.1, 0.15) is 18.5 Å². The third-order valence-electron chi connectivity index (χ3n) is 4.03. The number of amides is 1. The van der Waals surface area contributed by atoms with E-state index in [1.165, 1.54) is 0 Å². The Kier molecular flexibility index (Phi) is 3.56. The summed E-state index contributed by atoms with van der Waals surface area (Å²) < 4.78 is 0. The molecule has 1 aromatic carbocycles. The highest BCUT2D eigenvalue weighted by Gasteiger charge is 2.41. The highest BCUT2D eigenvalue weighted by molar-refractivity contribution is 5.86. The number of hydrogen-bond donors (Lipinski definition) is 2. The fourth-order valence-electron chi connectivity index (χ4n) is 2.62. The maximum absolute atomic E-state index is 12.0. The lowest BCUT2D eigenvalue weighted by Gasteiger charge is -2.31. The van der Waals surface area contributed by atoms with Crippen LogP contribution < -0.4 is 5.32 Å². The molecule has 0 radical (unpaired) electrons. The SMILES string of the molecule is O=C(O)C1CCC1C(=O)NCc1ccc2ccccc2n1. The molecular weight excluding hydrogens is 268 g/mol. The number of carboxylic acid groups (broad SMARTS) is 1. The predicted octanol–water partition coefficient (Wildman–Crippen LogP) is 1.96. The van der Waals surface area contributed by atoms with Gasteiger partial charge in [-0.1, -0.05) is 24.3 Å². The van der Waals surface area contributed by atoms with Crippen molar-refractivity contribution in [2.75, 3.05) is 0 Å². The van der Waals surface area contributed by atoms with Crippen LogP contribution in [0.5, 0.6) is 0 Å². The van der Waals surface area contributed by atoms with Crippen molar-refractivity contribution in [1.82, 2.24) is 10.3 Å². The van der Waals surface area contributed by atoms with Crippen LogP contribution in [-0.2, 0) is 16.1 Å². The van der Waals surface area contributed by atoms with Crippen LogP contribution in [0.2, 0.25) is 0 Å². The largest absolute Gasteiger partial charge is 0.481 e. The van der Waals surface area contributed by atoms with Crippen LogP contribution >= 0.6 is 0 Å². The van der Waals surface area contributed by atoms with E-state index in [1.807, 2.05) is 36.4 Å². The molecule has 0 aliphatic heterocycles. The van der Waals surface area contributed by atoms with Gasteiger partial charge in [-0.15, -0.1) is 0 Å². The van der Waals surface area contributed by atoms with Gasteiger partial charge < -0.3 is 10.4 Å². The third-order valence-corrected chi connectivity index (χ3v) is 4.03. The van der Waals surface area contributed by atoms with E-state index in [-0.39, 0.29) is 5.91 Å². The molecular formula is C16H16N2O3. The molecule has 21 heavy (non-hydrogen) atoms. The van der Waals surface area contributed by atoms with Crippen LogP contribution in [0.15, 0.2) is 36.4 Å². The van der Waals surface area contributed by atoms with E-state index in [9.17, 15) is 9.59 Å². The Balaban J connectivity index is 1.63. The van der Waals surface area contributed by atoms with Gasteiger partial charge in [0.25, 0.3) is 0 Å². The number of pyridine rings is 1. The van der Waals surface area contributed by atoms with Gasteiger partial charge in [-0.3, -0.25) is 14.6 Å². The number of nitrogens with zero attached hydrogens (tertiary/aromatic N) is 1. The Hall–Kier alpha value is -2.43. The van der Waals surface area contributed by atoms with Crippen molar-refractivity contribution in [3.63, 3.8) is 0 Å². The number of hydrogen-bond acceptors (Lipinski definition) is 3. The normalized spacial score (nSPS) is 20.8. The topological polar surface area (TPSA) is 79.3 Å². The molecule has 0 saturated heterocycles. The van der Waals surface area contributed by atoms with Crippen LogP contribution in [0.3, 0.4) is 0 Å². The highest BCUT2D eigenvalue weighted by Crippen LogP contribution is 2.34. The molecule has 5 nitrogen and oxygen atoms in total. The summed E-state index contributed by atoms with van der Waals surface area (Å²) in [5.74, 6) is -2.01. The molecule has 2 N–H and O–H groups in total. The minimum atomic E-state index is -0.884. The van der Waals surface area contributed by atoms with Crippen molar-refractivity contribution in [1.29, 1.82) is 0 Å². The number of benzene rings is 1. The van der Waals surface area contributed by atoms with Crippen LogP contribution in [0.4, 0.5) is 0 Å². The quantitative estimate of drug-likeness (QED) is 0.899. The molecule has 1 fully saturated rings. The average Bonchev–Trinajstić information content (AvgIpc) is 2.43. The molecule has 0 bridgehead atoms. The Morgan fingerprint density at radius 2 is 1.90 bits per heavy atom. The molecule has 2 unspecified atom stereocenters. The molecule has 1 heterocycles. The fourth-order valence-corrected chi connectivity index (χ4v) is 2.62. The molecule has 0 spiro atoms. The zero-order valence-corrected chi connectivity index (χ0v) is 11.5. The first-order chi connectivity index (χ1) is 10.1. The molecule has 1 aliphatic rings. The lowest BCUT2D eigenvalue weighted by molar-refractivity contribution is -0.152. The first kappa shape index (κ1) is 13.5. The predicted molar refractivity (Wildman–Crippen MR) is 77.4 cm³/mol. The van der Waals surface area contributed by atoms with E-state index in [2.05, 4.69) is 10.3 Å². The van der Waals surface area contributed by atoms with E-state index < -0.39 is 17.8 Å². The summed E-state index contributed by atoms with van der Waals surface area (Å²) >= 11 is 0. The van der Waals surface area contributed by atoms with Crippen LogP contribution in [-0.4, -0.2) is 22.0 Å². The maximum Gasteiger partial charge on any atom is 0.307 e. The standard InChI is InChI=1S/C16H16N2O3/c19-15(12-7-8-13(12)16(20)21)17-9-11-6-5-10-3-1-2-4-14(10)18-11/h1-6,12-13H,7-9H2,(H,17,19)(H,20,21). The average molecular weight is 284 g/mol. The van der Waals surface area contributed by atoms with Gasteiger partial charge in [0.15, 0.2) is 0 Å². The van der Waals surface area contributed by atoms with E-state index in [0.29, 0.717) is 19.4 Å².